The zero-order valence-electron chi connectivity index (χ0n) is 15.0. The number of aliphatic imine (C=N–C) groups is 1. The lowest BCUT2D eigenvalue weighted by atomic mass is 10.2. The van der Waals surface area contributed by atoms with Crippen LogP contribution in [0.2, 0.25) is 0 Å². The van der Waals surface area contributed by atoms with E-state index in [-0.39, 0.29) is 0 Å². The summed E-state index contributed by atoms with van der Waals surface area (Å²) in [5, 5.41) is 6.96. The lowest BCUT2D eigenvalue weighted by Crippen LogP contribution is -2.45. The maximum absolute atomic E-state index is 4.55. The van der Waals surface area contributed by atoms with Crippen LogP contribution in [-0.4, -0.2) is 62.2 Å². The SMILES string of the molecule is CN=C(NCc1ccnc(N2CCN(C)CC2)c1)NC1CCCC1. The van der Waals surface area contributed by atoms with E-state index in [1.165, 1.54) is 31.2 Å². The second kappa shape index (κ2) is 8.33. The summed E-state index contributed by atoms with van der Waals surface area (Å²) in [6.45, 7) is 5.07. The van der Waals surface area contributed by atoms with Crippen LogP contribution < -0.4 is 15.5 Å². The standard InChI is InChI=1S/C18H30N6/c1-19-18(22-16-5-3-4-6-16)21-14-15-7-8-20-17(13-15)24-11-9-23(2)10-12-24/h7-8,13,16H,3-6,9-12,14H2,1-2H3,(H2,19,21,22). The van der Waals surface area contributed by atoms with Gasteiger partial charge in [-0.25, -0.2) is 4.98 Å². The fourth-order valence-corrected chi connectivity index (χ4v) is 3.42. The normalized spacial score (nSPS) is 20.4. The van der Waals surface area contributed by atoms with Crippen molar-refractivity contribution in [2.45, 2.75) is 38.3 Å². The van der Waals surface area contributed by atoms with Crippen LogP contribution in [-0.2, 0) is 6.54 Å². The summed E-state index contributed by atoms with van der Waals surface area (Å²) in [6, 6.07) is 4.85. The number of nitrogens with one attached hydrogen (secondary N) is 2. The Bertz CT molecular complexity index is 544. The van der Waals surface area contributed by atoms with Gasteiger partial charge in [0.25, 0.3) is 0 Å². The van der Waals surface area contributed by atoms with Gasteiger partial charge in [0, 0.05) is 52.0 Å². The lowest BCUT2D eigenvalue weighted by Gasteiger charge is -2.33. The van der Waals surface area contributed by atoms with Gasteiger partial charge in [-0.1, -0.05) is 12.8 Å². The summed E-state index contributed by atoms with van der Waals surface area (Å²) in [4.78, 5) is 13.6. The second-order valence-corrected chi connectivity index (χ2v) is 6.86. The largest absolute Gasteiger partial charge is 0.354 e. The lowest BCUT2D eigenvalue weighted by molar-refractivity contribution is 0.312. The molecule has 1 aromatic rings. The number of guanidine groups is 1. The van der Waals surface area contributed by atoms with Gasteiger partial charge in [0.15, 0.2) is 5.96 Å². The van der Waals surface area contributed by atoms with Crippen molar-refractivity contribution in [1.29, 1.82) is 0 Å². The Morgan fingerprint density at radius 3 is 2.71 bits per heavy atom. The predicted molar refractivity (Wildman–Crippen MR) is 99.5 cm³/mol. The monoisotopic (exact) mass is 330 g/mol. The van der Waals surface area contributed by atoms with E-state index in [9.17, 15) is 0 Å². The van der Waals surface area contributed by atoms with Crippen LogP contribution >= 0.6 is 0 Å². The molecule has 1 aliphatic heterocycles. The molecule has 1 saturated carbocycles. The fraction of sp³-hybridized carbons (Fsp3) is 0.667. The minimum absolute atomic E-state index is 0.578. The summed E-state index contributed by atoms with van der Waals surface area (Å²) in [7, 11) is 4.01. The molecule has 6 heteroatoms. The molecule has 3 rings (SSSR count). The molecule has 1 saturated heterocycles. The molecule has 24 heavy (non-hydrogen) atoms. The smallest absolute Gasteiger partial charge is 0.191 e. The molecule has 1 aliphatic carbocycles. The van der Waals surface area contributed by atoms with E-state index in [0.29, 0.717) is 6.04 Å². The van der Waals surface area contributed by atoms with Gasteiger partial charge in [-0.3, -0.25) is 4.99 Å². The molecule has 2 N–H and O–H groups in total. The first kappa shape index (κ1) is 17.0. The molecule has 0 spiro atoms. The van der Waals surface area contributed by atoms with E-state index in [2.05, 4.69) is 49.6 Å². The quantitative estimate of drug-likeness (QED) is 0.646. The van der Waals surface area contributed by atoms with Crippen molar-refractivity contribution in [3.8, 4) is 0 Å². The van der Waals surface area contributed by atoms with Crippen LogP contribution in [0.5, 0.6) is 0 Å². The molecule has 0 atom stereocenters. The van der Waals surface area contributed by atoms with Crippen molar-refractivity contribution in [3.05, 3.63) is 23.9 Å². The highest BCUT2D eigenvalue weighted by atomic mass is 15.3. The van der Waals surface area contributed by atoms with Crippen molar-refractivity contribution in [2.24, 2.45) is 4.99 Å². The van der Waals surface area contributed by atoms with E-state index >= 15 is 0 Å². The molecule has 2 fully saturated rings. The summed E-state index contributed by atoms with van der Waals surface area (Å²) in [5.41, 5.74) is 1.24. The molecule has 0 bridgehead atoms. The summed E-state index contributed by atoms with van der Waals surface area (Å²) in [6.07, 6.45) is 7.08. The Morgan fingerprint density at radius 1 is 1.25 bits per heavy atom. The van der Waals surface area contributed by atoms with Gasteiger partial charge in [-0.15, -0.1) is 0 Å². The van der Waals surface area contributed by atoms with Crippen molar-refractivity contribution in [3.63, 3.8) is 0 Å². The van der Waals surface area contributed by atoms with Gasteiger partial charge >= 0.3 is 0 Å². The maximum Gasteiger partial charge on any atom is 0.191 e. The third-order valence-electron chi connectivity index (χ3n) is 5.02. The first-order valence-corrected chi connectivity index (χ1v) is 9.10. The van der Waals surface area contributed by atoms with E-state index in [0.717, 1.165) is 44.5 Å². The van der Waals surface area contributed by atoms with Crippen molar-refractivity contribution in [1.82, 2.24) is 20.5 Å². The number of anilines is 1. The van der Waals surface area contributed by atoms with Crippen molar-refractivity contribution >= 4 is 11.8 Å². The maximum atomic E-state index is 4.55. The first-order chi connectivity index (χ1) is 11.7. The third-order valence-corrected chi connectivity index (χ3v) is 5.02. The highest BCUT2D eigenvalue weighted by Crippen LogP contribution is 2.17. The van der Waals surface area contributed by atoms with E-state index in [4.69, 9.17) is 0 Å². The van der Waals surface area contributed by atoms with Gasteiger partial charge in [-0.2, -0.15) is 0 Å². The molecule has 0 aromatic carbocycles. The number of pyridine rings is 1. The fourth-order valence-electron chi connectivity index (χ4n) is 3.42. The third kappa shape index (κ3) is 4.60. The molecular formula is C18H30N6. The Labute approximate surface area is 145 Å². The van der Waals surface area contributed by atoms with Crippen molar-refractivity contribution in [2.75, 3.05) is 45.2 Å². The Balaban J connectivity index is 1.54. The summed E-state index contributed by atoms with van der Waals surface area (Å²) in [5.74, 6) is 1.99. The number of nitrogens with zero attached hydrogens (tertiary/aromatic N) is 4. The van der Waals surface area contributed by atoms with Crippen LogP contribution in [0.15, 0.2) is 23.3 Å². The topological polar surface area (TPSA) is 55.8 Å². The molecule has 0 amide bonds. The minimum atomic E-state index is 0.578. The van der Waals surface area contributed by atoms with E-state index in [1.807, 2.05) is 13.2 Å². The van der Waals surface area contributed by atoms with Crippen molar-refractivity contribution < 1.29 is 0 Å². The van der Waals surface area contributed by atoms with Crippen LogP contribution in [0.4, 0.5) is 5.82 Å². The van der Waals surface area contributed by atoms with E-state index < -0.39 is 0 Å². The molecule has 2 aliphatic rings. The Hall–Kier alpha value is -1.82. The van der Waals surface area contributed by atoms with Crippen LogP contribution in [0.3, 0.4) is 0 Å². The molecule has 6 nitrogen and oxygen atoms in total. The molecule has 0 radical (unpaired) electrons. The van der Waals surface area contributed by atoms with Gasteiger partial charge in [0.2, 0.25) is 0 Å². The number of likely N-dealkylation sites (N-methyl/N-ethyl adjacent to an activating group) is 1. The van der Waals surface area contributed by atoms with Crippen LogP contribution in [0, 0.1) is 0 Å². The zero-order valence-corrected chi connectivity index (χ0v) is 15.0. The van der Waals surface area contributed by atoms with Gasteiger partial charge in [0.05, 0.1) is 0 Å². The van der Waals surface area contributed by atoms with Crippen LogP contribution in [0.25, 0.3) is 0 Å². The molecular weight excluding hydrogens is 300 g/mol. The van der Waals surface area contributed by atoms with Gasteiger partial charge < -0.3 is 20.4 Å². The van der Waals surface area contributed by atoms with Gasteiger partial charge in [-0.05, 0) is 37.6 Å². The second-order valence-electron chi connectivity index (χ2n) is 6.86. The number of hydrogen-bond acceptors (Lipinski definition) is 4. The molecule has 1 aromatic heterocycles. The Morgan fingerprint density at radius 2 is 2.00 bits per heavy atom. The minimum Gasteiger partial charge on any atom is -0.354 e. The zero-order chi connectivity index (χ0) is 16.8. The Kier molecular flexibility index (Phi) is 5.91. The predicted octanol–water partition coefficient (Wildman–Crippen LogP) is 1.44. The molecule has 0 unspecified atom stereocenters. The highest BCUT2D eigenvalue weighted by Gasteiger charge is 2.17. The molecule has 132 valence electrons. The van der Waals surface area contributed by atoms with Gasteiger partial charge in [0.1, 0.15) is 5.82 Å². The van der Waals surface area contributed by atoms with E-state index in [1.54, 1.807) is 0 Å². The number of hydrogen-bond donors (Lipinski definition) is 2. The van der Waals surface area contributed by atoms with Crippen LogP contribution in [0.1, 0.15) is 31.2 Å². The highest BCUT2D eigenvalue weighted by molar-refractivity contribution is 5.80. The average molecular weight is 330 g/mol. The summed E-state index contributed by atoms with van der Waals surface area (Å²) < 4.78 is 0. The average Bonchev–Trinajstić information content (AvgIpc) is 3.12. The number of piperazine rings is 1. The first-order valence-electron chi connectivity index (χ1n) is 9.10. The summed E-state index contributed by atoms with van der Waals surface area (Å²) >= 11 is 0. The number of rotatable bonds is 4. The molecule has 2 heterocycles. The number of aromatic nitrogens is 1.